The van der Waals surface area contributed by atoms with Crippen LogP contribution in [0.4, 0.5) is 0 Å². The van der Waals surface area contributed by atoms with E-state index in [9.17, 15) is 4.79 Å². The molecule has 0 N–H and O–H groups in total. The highest BCUT2D eigenvalue weighted by Crippen LogP contribution is 2.41. The average Bonchev–Trinajstić information content (AvgIpc) is 3.06. The molecule has 0 spiro atoms. The van der Waals surface area contributed by atoms with Crippen molar-refractivity contribution in [3.63, 3.8) is 0 Å². The highest BCUT2D eigenvalue weighted by Gasteiger charge is 2.40. The van der Waals surface area contributed by atoms with Crippen LogP contribution in [0.25, 0.3) is 5.69 Å². The largest absolute Gasteiger partial charge is 0.324 e. The van der Waals surface area contributed by atoms with Gasteiger partial charge in [-0.05, 0) is 36.6 Å². The fourth-order valence-electron chi connectivity index (χ4n) is 3.45. The Hall–Kier alpha value is -1.54. The maximum Gasteiger partial charge on any atom is 0.158 e. The fourth-order valence-corrected chi connectivity index (χ4v) is 3.71. The summed E-state index contributed by atoms with van der Waals surface area (Å²) >= 11 is 5.89. The molecule has 1 fully saturated rings. The van der Waals surface area contributed by atoms with E-state index >= 15 is 0 Å². The summed E-state index contributed by atoms with van der Waals surface area (Å²) in [5.74, 6) is 0.283. The van der Waals surface area contributed by atoms with E-state index in [0.29, 0.717) is 0 Å². The third-order valence-corrected chi connectivity index (χ3v) is 4.90. The van der Waals surface area contributed by atoms with Gasteiger partial charge in [0, 0.05) is 18.1 Å². The molecule has 1 aromatic carbocycles. The quantitative estimate of drug-likeness (QED) is 0.763. The Bertz CT molecular complexity index is 611. The molecule has 2 nitrogen and oxygen atoms in total. The molecule has 2 aromatic rings. The predicted octanol–water partition coefficient (Wildman–Crippen LogP) is 4.49. The van der Waals surface area contributed by atoms with Crippen molar-refractivity contribution in [1.82, 2.24) is 4.57 Å². The van der Waals surface area contributed by atoms with Gasteiger partial charge in [0.1, 0.15) is 0 Å². The van der Waals surface area contributed by atoms with Crippen LogP contribution in [-0.4, -0.2) is 16.2 Å². The first-order valence-corrected chi connectivity index (χ1v) is 8.13. The number of benzene rings is 1. The van der Waals surface area contributed by atoms with Crippen LogP contribution < -0.4 is 0 Å². The van der Waals surface area contributed by atoms with Crippen LogP contribution in [0.3, 0.4) is 0 Å². The van der Waals surface area contributed by atoms with Crippen LogP contribution in [0.1, 0.15) is 37.7 Å². The van der Waals surface area contributed by atoms with Crippen molar-refractivity contribution in [3.05, 3.63) is 54.4 Å². The minimum absolute atomic E-state index is 0.108. The van der Waals surface area contributed by atoms with Crippen LogP contribution in [-0.2, 0) is 10.2 Å². The van der Waals surface area contributed by atoms with Crippen LogP contribution in [0.5, 0.6) is 0 Å². The van der Waals surface area contributed by atoms with Crippen LogP contribution >= 0.6 is 11.6 Å². The van der Waals surface area contributed by atoms with Gasteiger partial charge in [-0.1, -0.05) is 37.5 Å². The molecular weight excluding hydrogens is 282 g/mol. The number of nitrogens with zero attached hydrogens (tertiary/aromatic N) is 1. The third kappa shape index (κ3) is 2.65. The molecule has 0 amide bonds. The van der Waals surface area contributed by atoms with Gasteiger partial charge in [-0.25, -0.2) is 0 Å². The Kier molecular flexibility index (Phi) is 4.16. The van der Waals surface area contributed by atoms with Gasteiger partial charge in [-0.3, -0.25) is 4.79 Å². The number of carbonyl (C=O) groups excluding carboxylic acids is 1. The van der Waals surface area contributed by atoms with Gasteiger partial charge >= 0.3 is 0 Å². The van der Waals surface area contributed by atoms with E-state index in [1.165, 1.54) is 6.42 Å². The van der Waals surface area contributed by atoms with Crippen LogP contribution in [0, 0.1) is 0 Å². The zero-order chi connectivity index (χ0) is 14.7. The van der Waals surface area contributed by atoms with Crippen molar-refractivity contribution in [1.29, 1.82) is 0 Å². The van der Waals surface area contributed by atoms with E-state index in [-0.39, 0.29) is 17.1 Å². The summed E-state index contributed by atoms with van der Waals surface area (Å²) < 4.78 is 2.09. The Balaban J connectivity index is 1.98. The maximum atomic E-state index is 12.5. The molecule has 0 bridgehead atoms. The van der Waals surface area contributed by atoms with Gasteiger partial charge < -0.3 is 4.57 Å². The molecule has 110 valence electrons. The molecular formula is C18H20ClNO. The first kappa shape index (κ1) is 14.4. The second-order valence-electron chi connectivity index (χ2n) is 5.84. The van der Waals surface area contributed by atoms with Gasteiger partial charge in [-0.15, -0.1) is 11.6 Å². The van der Waals surface area contributed by atoms with Crippen molar-refractivity contribution >= 4 is 17.4 Å². The van der Waals surface area contributed by atoms with Crippen LogP contribution in [0.2, 0.25) is 0 Å². The zero-order valence-corrected chi connectivity index (χ0v) is 12.9. The molecule has 0 atom stereocenters. The Labute approximate surface area is 130 Å². The molecule has 0 radical (unpaired) electrons. The van der Waals surface area contributed by atoms with Crippen molar-refractivity contribution in [2.75, 3.05) is 5.88 Å². The van der Waals surface area contributed by atoms with Crippen molar-refractivity contribution < 1.29 is 4.79 Å². The summed E-state index contributed by atoms with van der Waals surface area (Å²) in [6, 6.07) is 12.3. The molecule has 0 aliphatic heterocycles. The van der Waals surface area contributed by atoms with Crippen molar-refractivity contribution in [2.45, 2.75) is 37.5 Å². The number of aromatic nitrogens is 1. The number of hydrogen-bond acceptors (Lipinski definition) is 1. The van der Waals surface area contributed by atoms with E-state index in [1.54, 1.807) is 0 Å². The zero-order valence-electron chi connectivity index (χ0n) is 12.1. The summed E-state index contributed by atoms with van der Waals surface area (Å²) in [6.45, 7) is 0. The molecule has 1 saturated carbocycles. The first-order chi connectivity index (χ1) is 10.3. The minimum Gasteiger partial charge on any atom is -0.324 e. The van der Waals surface area contributed by atoms with E-state index in [4.69, 9.17) is 11.6 Å². The van der Waals surface area contributed by atoms with E-state index in [1.807, 2.05) is 24.4 Å². The Morgan fingerprint density at radius 3 is 2.48 bits per heavy atom. The fraction of sp³-hybridized carbons (Fsp3) is 0.389. The lowest BCUT2D eigenvalue weighted by Crippen LogP contribution is -2.38. The number of para-hydroxylation sites is 1. The first-order valence-electron chi connectivity index (χ1n) is 7.59. The minimum atomic E-state index is -0.361. The SMILES string of the molecule is O=C(CCl)C1(c2ccn(-c3ccccc3)c2)CCCCC1. The van der Waals surface area contributed by atoms with Gasteiger partial charge in [0.25, 0.3) is 0 Å². The van der Waals surface area contributed by atoms with Gasteiger partial charge in [-0.2, -0.15) is 0 Å². The summed E-state index contributed by atoms with van der Waals surface area (Å²) in [5, 5.41) is 0. The Morgan fingerprint density at radius 2 is 1.81 bits per heavy atom. The molecule has 3 heteroatoms. The summed E-state index contributed by atoms with van der Waals surface area (Å²) in [7, 11) is 0. The predicted molar refractivity (Wildman–Crippen MR) is 86.3 cm³/mol. The lowest BCUT2D eigenvalue weighted by Gasteiger charge is -2.35. The summed E-state index contributed by atoms with van der Waals surface area (Å²) in [6.07, 6.45) is 9.44. The lowest BCUT2D eigenvalue weighted by atomic mass is 9.68. The number of Topliss-reactive ketones (excluding diaryl/α,β-unsaturated/α-hetero) is 1. The second kappa shape index (κ2) is 6.07. The van der Waals surface area contributed by atoms with Gasteiger partial charge in [0.2, 0.25) is 0 Å². The summed E-state index contributed by atoms with van der Waals surface area (Å²) in [4.78, 5) is 12.5. The number of halogens is 1. The van der Waals surface area contributed by atoms with E-state index in [2.05, 4.69) is 29.0 Å². The summed E-state index contributed by atoms with van der Waals surface area (Å²) in [5.41, 5.74) is 1.88. The number of carbonyl (C=O) groups is 1. The van der Waals surface area contributed by atoms with E-state index < -0.39 is 0 Å². The number of rotatable bonds is 4. The molecule has 1 aliphatic rings. The average molecular weight is 302 g/mol. The highest BCUT2D eigenvalue weighted by atomic mass is 35.5. The van der Waals surface area contributed by atoms with Crippen LogP contribution in [0.15, 0.2) is 48.8 Å². The topological polar surface area (TPSA) is 22.0 Å². The number of alkyl halides is 1. The number of ketones is 1. The molecule has 1 aliphatic carbocycles. The molecule has 1 aromatic heterocycles. The number of hydrogen-bond donors (Lipinski definition) is 0. The Morgan fingerprint density at radius 1 is 1.10 bits per heavy atom. The molecule has 0 unspecified atom stereocenters. The molecule has 21 heavy (non-hydrogen) atoms. The van der Waals surface area contributed by atoms with Gasteiger partial charge in [0.15, 0.2) is 5.78 Å². The van der Waals surface area contributed by atoms with Crippen molar-refractivity contribution in [2.24, 2.45) is 0 Å². The monoisotopic (exact) mass is 301 g/mol. The maximum absolute atomic E-state index is 12.5. The molecule has 1 heterocycles. The smallest absolute Gasteiger partial charge is 0.158 e. The van der Waals surface area contributed by atoms with Gasteiger partial charge in [0.05, 0.1) is 11.3 Å². The molecule has 3 rings (SSSR count). The standard InChI is InChI=1S/C18H20ClNO/c19-13-17(21)18(10-5-2-6-11-18)15-9-12-20(14-15)16-7-3-1-4-8-16/h1,3-4,7-9,12,14H,2,5-6,10-11,13H2. The van der Waals surface area contributed by atoms with E-state index in [0.717, 1.165) is 36.9 Å². The highest BCUT2D eigenvalue weighted by molar-refractivity contribution is 6.29. The normalized spacial score (nSPS) is 17.6. The molecule has 0 saturated heterocycles. The third-order valence-electron chi connectivity index (χ3n) is 4.66. The lowest BCUT2D eigenvalue weighted by molar-refractivity contribution is -0.123. The second-order valence-corrected chi connectivity index (χ2v) is 6.11. The van der Waals surface area contributed by atoms with Crippen molar-refractivity contribution in [3.8, 4) is 5.69 Å².